The van der Waals surface area contributed by atoms with Crippen molar-refractivity contribution in [3.63, 3.8) is 0 Å². The number of hydrogen-bond donors (Lipinski definition) is 0. The monoisotopic (exact) mass is 383 g/mol. The molecular weight excluding hydrogens is 368 g/mol. The Morgan fingerprint density at radius 1 is 1.39 bits per heavy atom. The van der Waals surface area contributed by atoms with Gasteiger partial charge in [-0.15, -0.1) is 0 Å². The SMILES string of the molecule is COCCN(C(=O)c1cc(F)c(Cl)cc1Cl)C1CCS(=O)(=O)C1. The van der Waals surface area contributed by atoms with Crippen molar-refractivity contribution in [2.75, 3.05) is 31.8 Å². The Labute approximate surface area is 144 Å². The van der Waals surface area contributed by atoms with Crippen molar-refractivity contribution in [3.8, 4) is 0 Å². The van der Waals surface area contributed by atoms with Gasteiger partial charge in [0.2, 0.25) is 0 Å². The zero-order valence-electron chi connectivity index (χ0n) is 12.4. The van der Waals surface area contributed by atoms with E-state index in [9.17, 15) is 17.6 Å². The summed E-state index contributed by atoms with van der Waals surface area (Å²) in [4.78, 5) is 14.1. The van der Waals surface area contributed by atoms with E-state index in [0.29, 0.717) is 6.42 Å². The van der Waals surface area contributed by atoms with Gasteiger partial charge in [-0.05, 0) is 18.6 Å². The molecule has 0 aliphatic carbocycles. The molecule has 0 spiro atoms. The number of hydrogen-bond acceptors (Lipinski definition) is 4. The number of carbonyl (C=O) groups is 1. The molecule has 0 saturated carbocycles. The van der Waals surface area contributed by atoms with Gasteiger partial charge in [-0.1, -0.05) is 23.2 Å². The quantitative estimate of drug-likeness (QED) is 0.732. The number of carbonyl (C=O) groups excluding carboxylic acids is 1. The van der Waals surface area contributed by atoms with Crippen molar-refractivity contribution in [3.05, 3.63) is 33.6 Å². The zero-order valence-corrected chi connectivity index (χ0v) is 14.7. The summed E-state index contributed by atoms with van der Waals surface area (Å²) in [6.45, 7) is 0.423. The fourth-order valence-corrected chi connectivity index (χ4v) is 4.70. The standard InChI is InChI=1S/C14H16Cl2FNO4S/c1-22-4-3-18(9-2-5-23(20,21)8-9)14(19)10-6-13(17)12(16)7-11(10)15/h6-7,9H,2-5,8H2,1H3. The number of sulfone groups is 1. The second-order valence-electron chi connectivity index (χ2n) is 5.29. The Morgan fingerprint density at radius 2 is 2.09 bits per heavy atom. The van der Waals surface area contributed by atoms with Crippen molar-refractivity contribution >= 4 is 38.9 Å². The molecular formula is C14H16Cl2FNO4S. The Hall–Kier alpha value is -0.890. The van der Waals surface area contributed by atoms with Gasteiger partial charge in [-0.25, -0.2) is 12.8 Å². The Kier molecular flexibility index (Phi) is 5.89. The van der Waals surface area contributed by atoms with Gasteiger partial charge in [0.15, 0.2) is 9.84 Å². The highest BCUT2D eigenvalue weighted by atomic mass is 35.5. The van der Waals surface area contributed by atoms with Crippen LogP contribution < -0.4 is 0 Å². The first kappa shape index (κ1) is 18.4. The number of ether oxygens (including phenoxy) is 1. The molecule has 23 heavy (non-hydrogen) atoms. The molecule has 1 aliphatic rings. The van der Waals surface area contributed by atoms with Crippen LogP contribution in [0.1, 0.15) is 16.8 Å². The maximum Gasteiger partial charge on any atom is 0.255 e. The lowest BCUT2D eigenvalue weighted by Crippen LogP contribution is -2.43. The molecule has 2 rings (SSSR count). The third-order valence-electron chi connectivity index (χ3n) is 3.69. The van der Waals surface area contributed by atoms with Crippen LogP contribution in [0.5, 0.6) is 0 Å². The molecule has 1 fully saturated rings. The summed E-state index contributed by atoms with van der Waals surface area (Å²) in [5.74, 6) is -1.39. The van der Waals surface area contributed by atoms with Gasteiger partial charge < -0.3 is 9.64 Å². The Bertz CT molecular complexity index is 711. The van der Waals surface area contributed by atoms with Crippen molar-refractivity contribution < 1.29 is 22.3 Å². The van der Waals surface area contributed by atoms with E-state index in [1.807, 2.05) is 0 Å². The molecule has 1 amide bonds. The van der Waals surface area contributed by atoms with Crippen molar-refractivity contribution in [1.82, 2.24) is 4.90 Å². The lowest BCUT2D eigenvalue weighted by atomic mass is 10.1. The van der Waals surface area contributed by atoms with Gasteiger partial charge in [0.05, 0.1) is 33.7 Å². The normalized spacial score (nSPS) is 19.7. The van der Waals surface area contributed by atoms with Crippen LogP contribution in [-0.4, -0.2) is 57.0 Å². The van der Waals surface area contributed by atoms with Crippen LogP contribution in [-0.2, 0) is 14.6 Å². The fraction of sp³-hybridized carbons (Fsp3) is 0.500. The molecule has 9 heteroatoms. The third kappa shape index (κ3) is 4.35. The molecule has 1 aromatic carbocycles. The average Bonchev–Trinajstić information content (AvgIpc) is 2.83. The summed E-state index contributed by atoms with van der Waals surface area (Å²) in [6.07, 6.45) is 0.339. The maximum absolute atomic E-state index is 13.7. The smallest absolute Gasteiger partial charge is 0.255 e. The van der Waals surface area contributed by atoms with E-state index in [-0.39, 0.29) is 40.3 Å². The van der Waals surface area contributed by atoms with Crippen LogP contribution in [0.25, 0.3) is 0 Å². The maximum atomic E-state index is 13.7. The minimum Gasteiger partial charge on any atom is -0.383 e. The molecule has 0 radical (unpaired) electrons. The van der Waals surface area contributed by atoms with Crippen molar-refractivity contribution in [2.45, 2.75) is 12.5 Å². The highest BCUT2D eigenvalue weighted by Gasteiger charge is 2.35. The second kappa shape index (κ2) is 7.34. The molecule has 5 nitrogen and oxygen atoms in total. The van der Waals surface area contributed by atoms with Gasteiger partial charge in [0, 0.05) is 19.7 Å². The number of nitrogens with zero attached hydrogens (tertiary/aromatic N) is 1. The number of rotatable bonds is 5. The first-order valence-corrected chi connectivity index (χ1v) is 9.48. The van der Waals surface area contributed by atoms with E-state index in [4.69, 9.17) is 27.9 Å². The number of amides is 1. The predicted molar refractivity (Wildman–Crippen MR) is 86.4 cm³/mol. The summed E-state index contributed by atoms with van der Waals surface area (Å²) in [7, 11) is -1.69. The second-order valence-corrected chi connectivity index (χ2v) is 8.34. The molecule has 1 aromatic rings. The van der Waals surface area contributed by atoms with E-state index in [2.05, 4.69) is 0 Å². The molecule has 128 valence electrons. The van der Waals surface area contributed by atoms with Crippen molar-refractivity contribution in [1.29, 1.82) is 0 Å². The third-order valence-corrected chi connectivity index (χ3v) is 6.04. The number of benzene rings is 1. The highest BCUT2D eigenvalue weighted by molar-refractivity contribution is 7.91. The molecule has 1 unspecified atom stereocenters. The number of methoxy groups -OCH3 is 1. The van der Waals surface area contributed by atoms with E-state index >= 15 is 0 Å². The van der Waals surface area contributed by atoms with Gasteiger partial charge in [0.25, 0.3) is 5.91 Å². The van der Waals surface area contributed by atoms with Crippen LogP contribution in [0.15, 0.2) is 12.1 Å². The van der Waals surface area contributed by atoms with Crippen LogP contribution >= 0.6 is 23.2 Å². The fourth-order valence-electron chi connectivity index (χ4n) is 2.50. The van der Waals surface area contributed by atoms with Crippen LogP contribution in [0, 0.1) is 5.82 Å². The topological polar surface area (TPSA) is 63.7 Å². The average molecular weight is 384 g/mol. The van der Waals surface area contributed by atoms with Crippen LogP contribution in [0.4, 0.5) is 4.39 Å². The lowest BCUT2D eigenvalue weighted by molar-refractivity contribution is 0.0624. The molecule has 0 bridgehead atoms. The molecule has 0 N–H and O–H groups in total. The minimum absolute atomic E-state index is 0.0182. The molecule has 0 aromatic heterocycles. The van der Waals surface area contributed by atoms with Gasteiger partial charge in [-0.2, -0.15) is 0 Å². The van der Waals surface area contributed by atoms with E-state index in [1.165, 1.54) is 12.0 Å². The molecule has 1 aliphatic heterocycles. The van der Waals surface area contributed by atoms with Gasteiger partial charge in [0.1, 0.15) is 5.82 Å². The molecule has 1 saturated heterocycles. The van der Waals surface area contributed by atoms with E-state index < -0.39 is 27.6 Å². The summed E-state index contributed by atoms with van der Waals surface area (Å²) in [5, 5.41) is -0.164. The predicted octanol–water partition coefficient (Wildman–Crippen LogP) is 2.41. The van der Waals surface area contributed by atoms with Crippen LogP contribution in [0.2, 0.25) is 10.0 Å². The summed E-state index contributed by atoms with van der Waals surface area (Å²) in [6, 6.07) is 1.65. The summed E-state index contributed by atoms with van der Waals surface area (Å²) < 4.78 is 42.0. The van der Waals surface area contributed by atoms with E-state index in [1.54, 1.807) is 0 Å². The molecule has 1 heterocycles. The largest absolute Gasteiger partial charge is 0.383 e. The van der Waals surface area contributed by atoms with Gasteiger partial charge in [-0.3, -0.25) is 4.79 Å². The summed E-state index contributed by atoms with van der Waals surface area (Å²) >= 11 is 11.6. The van der Waals surface area contributed by atoms with Gasteiger partial charge >= 0.3 is 0 Å². The lowest BCUT2D eigenvalue weighted by Gasteiger charge is -2.28. The summed E-state index contributed by atoms with van der Waals surface area (Å²) in [5.41, 5.74) is -0.0473. The Balaban J connectivity index is 2.32. The van der Waals surface area contributed by atoms with E-state index in [0.717, 1.165) is 12.1 Å². The van der Waals surface area contributed by atoms with Crippen molar-refractivity contribution in [2.24, 2.45) is 0 Å². The minimum atomic E-state index is -3.17. The number of halogens is 3. The first-order valence-electron chi connectivity index (χ1n) is 6.90. The Morgan fingerprint density at radius 3 is 2.65 bits per heavy atom. The van der Waals surface area contributed by atoms with Crippen LogP contribution in [0.3, 0.4) is 0 Å². The zero-order chi connectivity index (χ0) is 17.2. The highest BCUT2D eigenvalue weighted by Crippen LogP contribution is 2.27. The first-order chi connectivity index (χ1) is 10.7. The molecule has 1 atom stereocenters.